The summed E-state index contributed by atoms with van der Waals surface area (Å²) in [5.74, 6) is 1.54. The summed E-state index contributed by atoms with van der Waals surface area (Å²) in [4.78, 5) is 16.8. The molecular weight excluding hydrogens is 574 g/mol. The Kier molecular flexibility index (Phi) is 7.01. The zero-order chi connectivity index (χ0) is 30.9. The van der Waals surface area contributed by atoms with Gasteiger partial charge in [0, 0.05) is 55.3 Å². The maximum Gasteiger partial charge on any atom is 0.318 e. The topological polar surface area (TPSA) is 88.8 Å². The van der Waals surface area contributed by atoms with Gasteiger partial charge in [0.15, 0.2) is 0 Å². The van der Waals surface area contributed by atoms with Crippen LogP contribution in [0.1, 0.15) is 55.8 Å². The van der Waals surface area contributed by atoms with Gasteiger partial charge in [-0.05, 0) is 80.0 Å². The lowest BCUT2D eigenvalue weighted by molar-refractivity contribution is 0.107. The Morgan fingerprint density at radius 2 is 1.93 bits per heavy atom. The maximum absolute atomic E-state index is 15.0. The second kappa shape index (κ2) is 11.0. The molecule has 3 saturated heterocycles. The minimum atomic E-state index is -0.839. The van der Waals surface area contributed by atoms with Crippen molar-refractivity contribution in [3.8, 4) is 17.8 Å². The highest BCUT2D eigenvalue weighted by atomic mass is 19.1. The number of ether oxygens (including phenoxy) is 1. The highest BCUT2D eigenvalue weighted by Gasteiger charge is 2.49. The van der Waals surface area contributed by atoms with Gasteiger partial charge in [-0.2, -0.15) is 15.2 Å². The smallest absolute Gasteiger partial charge is 0.318 e. The molecule has 5 atom stereocenters. The zero-order valence-corrected chi connectivity index (χ0v) is 25.8. The van der Waals surface area contributed by atoms with Gasteiger partial charge < -0.3 is 19.6 Å². The fourth-order valence-corrected chi connectivity index (χ4v) is 9.25. The van der Waals surface area contributed by atoms with Gasteiger partial charge in [-0.15, -0.1) is 0 Å². The van der Waals surface area contributed by atoms with Crippen LogP contribution in [0.15, 0.2) is 24.3 Å². The predicted octanol–water partition coefficient (Wildman–Crippen LogP) is 5.54. The van der Waals surface area contributed by atoms with Gasteiger partial charge in [0.25, 0.3) is 0 Å². The summed E-state index contributed by atoms with van der Waals surface area (Å²) in [6, 6.07) is 9.51. The van der Waals surface area contributed by atoms with Crippen LogP contribution in [0.25, 0.3) is 10.8 Å². The van der Waals surface area contributed by atoms with E-state index in [-0.39, 0.29) is 23.0 Å². The van der Waals surface area contributed by atoms with Crippen molar-refractivity contribution in [3.05, 3.63) is 46.9 Å². The lowest BCUT2D eigenvalue weighted by atomic mass is 9.86. The molecule has 5 heterocycles. The van der Waals surface area contributed by atoms with Gasteiger partial charge in [-0.3, -0.25) is 4.90 Å². The molecule has 10 heteroatoms. The van der Waals surface area contributed by atoms with Crippen LogP contribution < -0.4 is 14.5 Å². The Morgan fingerprint density at radius 1 is 1.11 bits per heavy atom. The maximum atomic E-state index is 15.0. The third kappa shape index (κ3) is 4.77. The van der Waals surface area contributed by atoms with E-state index in [1.54, 1.807) is 18.2 Å². The SMILES string of the molecule is CCc1c(F)ccc2cc(O)cc(N3CCc4c(nc(OC[C@@]56CCCN5C[C@H](F)C6)nc4N4C[C@H]5CC[C@@H](C4)C5C#N)C3)c12. The standard InChI is InChI=1S/C35H40F2N6O2/c1-2-26-29(37)7-6-21-12-25(44)13-31(32(21)26)41-11-8-27-30(19-41)39-34(45-20-35-9-3-10-43(35)18-24(36)14-35)40-33(27)42-16-22-4-5-23(17-42)28(22)15-38/h6-7,12-13,22-24,28,44H,2-5,8-11,14,16-20H2,1H3/t22-,23+,24-,28?,35+/m1/s1. The van der Waals surface area contributed by atoms with Gasteiger partial charge in [0.05, 0.1) is 29.8 Å². The van der Waals surface area contributed by atoms with Crippen LogP contribution in [0, 0.1) is 34.9 Å². The van der Waals surface area contributed by atoms with Gasteiger partial charge >= 0.3 is 6.01 Å². The van der Waals surface area contributed by atoms with E-state index in [1.807, 2.05) is 6.92 Å². The molecule has 0 radical (unpaired) electrons. The number of benzene rings is 2. The van der Waals surface area contributed by atoms with Crippen LogP contribution in [0.2, 0.25) is 0 Å². The molecule has 3 aromatic rings. The van der Waals surface area contributed by atoms with E-state index in [2.05, 4.69) is 20.8 Å². The Bertz CT molecular complexity index is 1680. The van der Waals surface area contributed by atoms with Crippen LogP contribution in [0.4, 0.5) is 20.3 Å². The normalized spacial score (nSPS) is 29.2. The van der Waals surface area contributed by atoms with E-state index < -0.39 is 6.17 Å². The number of alkyl halides is 1. The number of hydrogen-bond donors (Lipinski definition) is 1. The fourth-order valence-electron chi connectivity index (χ4n) is 9.25. The van der Waals surface area contributed by atoms with Crippen molar-refractivity contribution >= 4 is 22.3 Å². The minimum absolute atomic E-state index is 0.0979. The highest BCUT2D eigenvalue weighted by Crippen LogP contribution is 2.45. The van der Waals surface area contributed by atoms with Gasteiger partial charge in [0.2, 0.25) is 0 Å². The van der Waals surface area contributed by atoms with Crippen molar-refractivity contribution in [3.63, 3.8) is 0 Å². The quantitative estimate of drug-likeness (QED) is 0.387. The average molecular weight is 615 g/mol. The molecule has 1 aliphatic carbocycles. The molecule has 8 rings (SSSR count). The molecule has 1 saturated carbocycles. The molecule has 5 aliphatic rings. The second-order valence-electron chi connectivity index (χ2n) is 13.9. The number of aryl methyl sites for hydroxylation is 1. The number of halogens is 2. The van der Waals surface area contributed by atoms with Gasteiger partial charge in [-0.1, -0.05) is 13.0 Å². The Labute approximate surface area is 262 Å². The summed E-state index contributed by atoms with van der Waals surface area (Å²) >= 11 is 0. The average Bonchev–Trinajstić information content (AvgIpc) is 3.65. The molecule has 1 unspecified atom stereocenters. The number of fused-ring (bicyclic) bond motifs is 5. The lowest BCUT2D eigenvalue weighted by Gasteiger charge is -2.39. The third-order valence-electron chi connectivity index (χ3n) is 11.4. The summed E-state index contributed by atoms with van der Waals surface area (Å²) in [5.41, 5.74) is 3.07. The largest absolute Gasteiger partial charge is 0.508 e. The molecule has 2 bridgehead atoms. The van der Waals surface area contributed by atoms with E-state index in [0.29, 0.717) is 68.9 Å². The van der Waals surface area contributed by atoms with E-state index in [9.17, 15) is 19.1 Å². The van der Waals surface area contributed by atoms with E-state index in [4.69, 9.17) is 14.7 Å². The number of anilines is 2. The first-order valence-electron chi connectivity index (χ1n) is 16.6. The van der Waals surface area contributed by atoms with Crippen molar-refractivity contribution in [1.82, 2.24) is 14.9 Å². The molecule has 8 nitrogen and oxygen atoms in total. The van der Waals surface area contributed by atoms with Crippen molar-refractivity contribution in [2.75, 3.05) is 49.1 Å². The lowest BCUT2D eigenvalue weighted by Crippen LogP contribution is -2.44. The fraction of sp³-hybridized carbons (Fsp3) is 0.571. The van der Waals surface area contributed by atoms with Crippen LogP contribution in [0.3, 0.4) is 0 Å². The Morgan fingerprint density at radius 3 is 2.71 bits per heavy atom. The summed E-state index contributed by atoms with van der Waals surface area (Å²) in [5, 5.41) is 22.1. The number of nitriles is 1. The molecule has 4 aliphatic heterocycles. The molecule has 1 N–H and O–H groups in total. The number of aromatic nitrogens is 2. The number of rotatable bonds is 6. The number of phenolic OH excluding ortho intramolecular Hbond substituents is 1. The molecule has 45 heavy (non-hydrogen) atoms. The van der Waals surface area contributed by atoms with Gasteiger partial charge in [0.1, 0.15) is 30.2 Å². The highest BCUT2D eigenvalue weighted by molar-refractivity contribution is 5.98. The molecule has 236 valence electrons. The first kappa shape index (κ1) is 28.7. The van der Waals surface area contributed by atoms with Crippen molar-refractivity contribution in [2.24, 2.45) is 17.8 Å². The summed E-state index contributed by atoms with van der Waals surface area (Å²) < 4.78 is 35.9. The zero-order valence-electron chi connectivity index (χ0n) is 25.8. The number of piperidine rings is 1. The van der Waals surface area contributed by atoms with E-state index >= 15 is 0 Å². The molecule has 1 aromatic heterocycles. The number of phenols is 1. The predicted molar refractivity (Wildman–Crippen MR) is 168 cm³/mol. The third-order valence-corrected chi connectivity index (χ3v) is 11.4. The first-order valence-corrected chi connectivity index (χ1v) is 16.6. The molecule has 0 spiro atoms. The van der Waals surface area contributed by atoms with Crippen LogP contribution >= 0.6 is 0 Å². The molecule has 2 aromatic carbocycles. The van der Waals surface area contributed by atoms with Gasteiger partial charge in [-0.25, -0.2) is 8.78 Å². The van der Waals surface area contributed by atoms with Crippen LogP contribution in [-0.4, -0.2) is 71.0 Å². The second-order valence-corrected chi connectivity index (χ2v) is 13.9. The molecule has 4 fully saturated rings. The van der Waals surface area contributed by atoms with Crippen LogP contribution in [-0.2, 0) is 19.4 Å². The number of aromatic hydroxyl groups is 1. The number of nitrogens with zero attached hydrogens (tertiary/aromatic N) is 6. The van der Waals surface area contributed by atoms with E-state index in [1.165, 1.54) is 6.07 Å². The summed E-state index contributed by atoms with van der Waals surface area (Å²) in [7, 11) is 0. The number of hydrogen-bond acceptors (Lipinski definition) is 8. The first-order chi connectivity index (χ1) is 21.9. The Balaban J connectivity index is 1.17. The summed E-state index contributed by atoms with van der Waals surface area (Å²) in [6.45, 7) is 6.37. The van der Waals surface area contributed by atoms with Crippen molar-refractivity contribution in [1.29, 1.82) is 5.26 Å². The van der Waals surface area contributed by atoms with Crippen molar-refractivity contribution in [2.45, 2.75) is 70.1 Å². The minimum Gasteiger partial charge on any atom is -0.508 e. The van der Waals surface area contributed by atoms with E-state index in [0.717, 1.165) is 78.9 Å². The Hall–Kier alpha value is -3.71. The molecule has 0 amide bonds. The molecular formula is C35H40F2N6O2. The van der Waals surface area contributed by atoms with Crippen molar-refractivity contribution < 1.29 is 18.6 Å². The monoisotopic (exact) mass is 614 g/mol. The summed E-state index contributed by atoms with van der Waals surface area (Å²) in [6.07, 6.45) is 4.93. The van der Waals surface area contributed by atoms with Crippen LogP contribution in [0.5, 0.6) is 11.8 Å².